The highest BCUT2D eigenvalue weighted by Crippen LogP contribution is 2.48. The fourth-order valence-corrected chi connectivity index (χ4v) is 4.38. The fraction of sp³-hybridized carbons (Fsp3) is 0.476. The highest BCUT2D eigenvalue weighted by atomic mass is 16.6. The van der Waals surface area contributed by atoms with Crippen LogP contribution in [0.15, 0.2) is 34.7 Å². The first kappa shape index (κ1) is 18.4. The van der Waals surface area contributed by atoms with Gasteiger partial charge in [-0.1, -0.05) is 39.3 Å². The number of para-hydroxylation sites is 1. The number of carbonyl (C=O) groups excluding carboxylic acids is 1. The van der Waals surface area contributed by atoms with Crippen molar-refractivity contribution in [3.63, 3.8) is 0 Å². The lowest BCUT2D eigenvalue weighted by Crippen LogP contribution is -2.26. The van der Waals surface area contributed by atoms with E-state index in [2.05, 4.69) is 20.8 Å². The Kier molecular flexibility index (Phi) is 5.25. The minimum Gasteiger partial charge on any atom is -0.453 e. The van der Waals surface area contributed by atoms with Crippen molar-refractivity contribution in [1.82, 2.24) is 0 Å². The molecule has 138 valence electrons. The van der Waals surface area contributed by atoms with Crippen LogP contribution in [-0.2, 0) is 0 Å². The van der Waals surface area contributed by atoms with Crippen LogP contribution in [0.2, 0.25) is 0 Å². The first-order chi connectivity index (χ1) is 12.4. The van der Waals surface area contributed by atoms with Crippen molar-refractivity contribution in [2.75, 3.05) is 0 Å². The second kappa shape index (κ2) is 7.44. The van der Waals surface area contributed by atoms with Crippen LogP contribution in [0.1, 0.15) is 62.1 Å². The lowest BCUT2D eigenvalue weighted by atomic mass is 9.67. The quantitative estimate of drug-likeness (QED) is 0.383. The highest BCUT2D eigenvalue weighted by Gasteiger charge is 2.36. The van der Waals surface area contributed by atoms with Crippen molar-refractivity contribution in [3.05, 3.63) is 51.8 Å². The molecule has 3 rings (SSSR count). The molecular weight excluding hydrogens is 330 g/mol. The van der Waals surface area contributed by atoms with Gasteiger partial charge in [0, 0.05) is 5.56 Å². The maximum Gasteiger partial charge on any atom is 0.283 e. The van der Waals surface area contributed by atoms with Crippen molar-refractivity contribution in [3.8, 4) is 11.3 Å². The standard InChI is InChI=1S/C21H25NO4/c1-13(2)16-9-7-14(3)11-19(16)17-5-4-6-18(21(17)22(24)25)20-10-8-15(12-23)26-20/h4-6,8,10,12-14,16,19H,7,9,11H2,1-3H3. The number of aldehydes is 1. The molecule has 1 saturated carbocycles. The molecule has 0 spiro atoms. The van der Waals surface area contributed by atoms with E-state index in [1.54, 1.807) is 18.2 Å². The molecule has 2 aromatic rings. The predicted octanol–water partition coefficient (Wildman–Crippen LogP) is 5.84. The number of benzene rings is 1. The summed E-state index contributed by atoms with van der Waals surface area (Å²) >= 11 is 0. The number of furan rings is 1. The first-order valence-corrected chi connectivity index (χ1v) is 9.25. The smallest absolute Gasteiger partial charge is 0.283 e. The van der Waals surface area contributed by atoms with Crippen LogP contribution in [0.4, 0.5) is 5.69 Å². The lowest BCUT2D eigenvalue weighted by molar-refractivity contribution is -0.385. The average Bonchev–Trinajstić information content (AvgIpc) is 3.09. The number of nitro benzene ring substituents is 1. The molecule has 0 bridgehead atoms. The summed E-state index contributed by atoms with van der Waals surface area (Å²) in [5, 5.41) is 12.0. The highest BCUT2D eigenvalue weighted by molar-refractivity contribution is 5.76. The van der Waals surface area contributed by atoms with E-state index in [1.165, 1.54) is 6.42 Å². The molecule has 0 N–H and O–H groups in total. The molecule has 1 aliphatic carbocycles. The fourth-order valence-electron chi connectivity index (χ4n) is 4.38. The van der Waals surface area contributed by atoms with Gasteiger partial charge < -0.3 is 4.42 Å². The Morgan fingerprint density at radius 2 is 2.00 bits per heavy atom. The van der Waals surface area contributed by atoms with Gasteiger partial charge in [-0.25, -0.2) is 0 Å². The summed E-state index contributed by atoms with van der Waals surface area (Å²) in [6.45, 7) is 6.63. The molecule has 3 atom stereocenters. The first-order valence-electron chi connectivity index (χ1n) is 9.25. The average molecular weight is 355 g/mol. The molecule has 1 heterocycles. The number of rotatable bonds is 5. The third kappa shape index (κ3) is 3.43. The van der Waals surface area contributed by atoms with Crippen LogP contribution in [0, 0.1) is 27.9 Å². The Morgan fingerprint density at radius 3 is 2.62 bits per heavy atom. The summed E-state index contributed by atoms with van der Waals surface area (Å²) in [4.78, 5) is 22.6. The van der Waals surface area contributed by atoms with Gasteiger partial charge in [-0.05, 0) is 54.7 Å². The zero-order valence-electron chi connectivity index (χ0n) is 15.5. The number of hydrogen-bond donors (Lipinski definition) is 0. The van der Waals surface area contributed by atoms with Gasteiger partial charge in [0.2, 0.25) is 0 Å². The van der Waals surface area contributed by atoms with Gasteiger partial charge in [0.1, 0.15) is 5.76 Å². The Labute approximate surface area is 153 Å². The third-order valence-electron chi connectivity index (χ3n) is 5.68. The van der Waals surface area contributed by atoms with Crippen molar-refractivity contribution in [2.45, 2.75) is 46.0 Å². The van der Waals surface area contributed by atoms with Crippen LogP contribution in [0.25, 0.3) is 11.3 Å². The van der Waals surface area contributed by atoms with Gasteiger partial charge in [0.05, 0.1) is 10.5 Å². The Hall–Kier alpha value is -2.43. The summed E-state index contributed by atoms with van der Waals surface area (Å²) in [5.41, 5.74) is 1.35. The molecule has 5 nitrogen and oxygen atoms in total. The van der Waals surface area contributed by atoms with Gasteiger partial charge in [0.15, 0.2) is 12.0 Å². The summed E-state index contributed by atoms with van der Waals surface area (Å²) in [5.74, 6) is 2.17. The summed E-state index contributed by atoms with van der Waals surface area (Å²) in [6.07, 6.45) is 3.84. The maximum absolute atomic E-state index is 12.0. The van der Waals surface area contributed by atoms with Crippen LogP contribution in [0.3, 0.4) is 0 Å². The van der Waals surface area contributed by atoms with Crippen molar-refractivity contribution >= 4 is 12.0 Å². The second-order valence-electron chi connectivity index (χ2n) is 7.75. The minimum absolute atomic E-state index is 0.115. The Balaban J connectivity index is 2.13. The largest absolute Gasteiger partial charge is 0.453 e. The summed E-state index contributed by atoms with van der Waals surface area (Å²) in [6, 6.07) is 8.62. The molecule has 26 heavy (non-hydrogen) atoms. The Morgan fingerprint density at radius 1 is 1.23 bits per heavy atom. The second-order valence-corrected chi connectivity index (χ2v) is 7.75. The van der Waals surface area contributed by atoms with Crippen molar-refractivity contribution in [1.29, 1.82) is 0 Å². The van der Waals surface area contributed by atoms with E-state index >= 15 is 0 Å². The van der Waals surface area contributed by atoms with Gasteiger partial charge >= 0.3 is 0 Å². The van der Waals surface area contributed by atoms with E-state index in [0.717, 1.165) is 18.4 Å². The van der Waals surface area contributed by atoms with E-state index in [9.17, 15) is 14.9 Å². The molecule has 1 aromatic carbocycles. The van der Waals surface area contributed by atoms with Crippen LogP contribution < -0.4 is 0 Å². The molecule has 0 amide bonds. The van der Waals surface area contributed by atoms with E-state index in [1.807, 2.05) is 12.1 Å². The molecule has 1 fully saturated rings. The molecule has 1 aliphatic rings. The molecular formula is C21H25NO4. The monoisotopic (exact) mass is 355 g/mol. The lowest BCUT2D eigenvalue weighted by Gasteiger charge is -2.37. The van der Waals surface area contributed by atoms with E-state index in [0.29, 0.717) is 35.4 Å². The topological polar surface area (TPSA) is 73.3 Å². The maximum atomic E-state index is 12.0. The molecule has 5 heteroatoms. The van der Waals surface area contributed by atoms with E-state index in [4.69, 9.17) is 4.42 Å². The molecule has 3 unspecified atom stereocenters. The molecule has 0 radical (unpaired) electrons. The predicted molar refractivity (Wildman–Crippen MR) is 100 cm³/mol. The number of nitrogens with zero attached hydrogens (tertiary/aromatic N) is 1. The van der Waals surface area contributed by atoms with Crippen LogP contribution in [0.5, 0.6) is 0 Å². The van der Waals surface area contributed by atoms with E-state index in [-0.39, 0.29) is 22.3 Å². The summed E-state index contributed by atoms with van der Waals surface area (Å²) in [7, 11) is 0. The number of nitro groups is 1. The van der Waals surface area contributed by atoms with Gasteiger partial charge in [0.25, 0.3) is 5.69 Å². The molecule has 0 saturated heterocycles. The minimum atomic E-state index is -0.301. The van der Waals surface area contributed by atoms with Crippen molar-refractivity contribution < 1.29 is 14.1 Å². The van der Waals surface area contributed by atoms with Crippen LogP contribution >= 0.6 is 0 Å². The Bertz CT molecular complexity index is 808. The van der Waals surface area contributed by atoms with Gasteiger partial charge in [-0.3, -0.25) is 14.9 Å². The van der Waals surface area contributed by atoms with Crippen molar-refractivity contribution in [2.24, 2.45) is 17.8 Å². The van der Waals surface area contributed by atoms with E-state index < -0.39 is 0 Å². The summed E-state index contributed by atoms with van der Waals surface area (Å²) < 4.78 is 5.47. The zero-order valence-corrected chi connectivity index (χ0v) is 15.5. The number of carbonyl (C=O) groups is 1. The third-order valence-corrected chi connectivity index (χ3v) is 5.68. The van der Waals surface area contributed by atoms with Crippen LogP contribution in [-0.4, -0.2) is 11.2 Å². The van der Waals surface area contributed by atoms with Gasteiger partial charge in [-0.2, -0.15) is 0 Å². The van der Waals surface area contributed by atoms with Gasteiger partial charge in [-0.15, -0.1) is 0 Å². The molecule has 1 aromatic heterocycles. The SMILES string of the molecule is CC1CCC(C(C)C)C(c2cccc(-c3ccc(C=O)o3)c2[N+](=O)[O-])C1. The molecule has 0 aliphatic heterocycles. The normalized spacial score (nSPS) is 23.2. The zero-order chi connectivity index (χ0) is 18.8. The number of hydrogen-bond acceptors (Lipinski definition) is 4.